The molecule has 5 nitrogen and oxygen atoms in total. The van der Waals surface area contributed by atoms with Crippen molar-refractivity contribution in [2.45, 2.75) is 6.92 Å². The van der Waals surface area contributed by atoms with Gasteiger partial charge in [0.05, 0.1) is 22.7 Å². The molecule has 0 fully saturated rings. The Hall–Kier alpha value is -3.32. The van der Waals surface area contributed by atoms with E-state index in [1.165, 1.54) is 34.7 Å². The number of anilines is 1. The Bertz CT molecular complexity index is 1120. The number of aromatic nitrogens is 1. The van der Waals surface area contributed by atoms with Crippen molar-refractivity contribution in [3.05, 3.63) is 83.6 Å². The van der Waals surface area contributed by atoms with E-state index in [0.717, 1.165) is 11.1 Å². The largest absolute Gasteiger partial charge is 0.459 e. The zero-order valence-corrected chi connectivity index (χ0v) is 15.1. The van der Waals surface area contributed by atoms with Crippen molar-refractivity contribution in [1.29, 1.82) is 0 Å². The van der Waals surface area contributed by atoms with E-state index in [1.807, 2.05) is 31.2 Å². The van der Waals surface area contributed by atoms with Crippen molar-refractivity contribution in [3.63, 3.8) is 0 Å². The van der Waals surface area contributed by atoms with Crippen molar-refractivity contribution in [3.8, 4) is 0 Å². The van der Waals surface area contributed by atoms with E-state index in [1.54, 1.807) is 24.4 Å². The topological polar surface area (TPSA) is 58.7 Å². The van der Waals surface area contributed by atoms with Gasteiger partial charge in [0, 0.05) is 0 Å². The van der Waals surface area contributed by atoms with Gasteiger partial charge in [-0.2, -0.15) is 10.1 Å². The fourth-order valence-electron chi connectivity index (χ4n) is 2.45. The number of furan rings is 1. The Morgan fingerprint density at radius 1 is 1.22 bits per heavy atom. The number of carbonyl (C=O) groups is 1. The predicted octanol–water partition coefficient (Wildman–Crippen LogP) is 5.02. The highest BCUT2D eigenvalue weighted by Gasteiger charge is 2.23. The molecular formula is C20H14FN3O2S. The second kappa shape index (κ2) is 7.13. The maximum atomic E-state index is 13.5. The number of nitrogens with zero attached hydrogens (tertiary/aromatic N) is 3. The van der Waals surface area contributed by atoms with E-state index < -0.39 is 5.91 Å². The average Bonchev–Trinajstić information content (AvgIpc) is 3.32. The normalized spacial score (nSPS) is 11.3. The smallest absolute Gasteiger partial charge is 0.316 e. The molecule has 1 amide bonds. The van der Waals surface area contributed by atoms with Gasteiger partial charge in [-0.25, -0.2) is 9.37 Å². The molecule has 0 atom stereocenters. The summed E-state index contributed by atoms with van der Waals surface area (Å²) in [6.07, 6.45) is 3.00. The molecule has 0 spiro atoms. The van der Waals surface area contributed by atoms with Crippen molar-refractivity contribution in [2.75, 3.05) is 5.01 Å². The van der Waals surface area contributed by atoms with Crippen LogP contribution in [0.1, 0.15) is 21.7 Å². The summed E-state index contributed by atoms with van der Waals surface area (Å²) < 4.78 is 19.3. The summed E-state index contributed by atoms with van der Waals surface area (Å²) in [6, 6.07) is 15.2. The fourth-order valence-corrected chi connectivity index (χ4v) is 3.39. The number of amides is 1. The Morgan fingerprint density at radius 2 is 2.04 bits per heavy atom. The summed E-state index contributed by atoms with van der Waals surface area (Å²) in [5, 5.41) is 5.82. The zero-order chi connectivity index (χ0) is 18.8. The predicted molar refractivity (Wildman–Crippen MR) is 104 cm³/mol. The highest BCUT2D eigenvalue weighted by atomic mass is 32.1. The SMILES string of the molecule is Cc1ccc(/C=N/N(C(=O)c2ccco2)c2nc3ccc(F)cc3s2)cc1. The van der Waals surface area contributed by atoms with Crippen LogP contribution in [0.3, 0.4) is 0 Å². The Morgan fingerprint density at radius 3 is 2.78 bits per heavy atom. The van der Waals surface area contributed by atoms with Crippen LogP contribution in [-0.4, -0.2) is 17.1 Å². The molecule has 4 aromatic rings. The standard InChI is InChI=1S/C20H14FN3O2S/c1-13-4-6-14(7-5-13)12-22-24(19(25)17-3-2-10-26-17)20-23-16-9-8-15(21)11-18(16)27-20/h2-12H,1H3/b22-12+. The number of fused-ring (bicyclic) bond motifs is 1. The minimum absolute atomic E-state index is 0.140. The summed E-state index contributed by atoms with van der Waals surface area (Å²) in [5.74, 6) is -0.672. The first-order chi connectivity index (χ1) is 13.1. The first-order valence-electron chi connectivity index (χ1n) is 8.15. The second-order valence-electron chi connectivity index (χ2n) is 5.86. The molecule has 27 heavy (non-hydrogen) atoms. The van der Waals surface area contributed by atoms with E-state index in [-0.39, 0.29) is 11.6 Å². The van der Waals surface area contributed by atoms with Crippen LogP contribution in [0.4, 0.5) is 9.52 Å². The van der Waals surface area contributed by atoms with Gasteiger partial charge in [-0.05, 0) is 42.8 Å². The first-order valence-corrected chi connectivity index (χ1v) is 8.96. The monoisotopic (exact) mass is 379 g/mol. The molecule has 0 radical (unpaired) electrons. The minimum atomic E-state index is -0.456. The van der Waals surface area contributed by atoms with Gasteiger partial charge in [0.1, 0.15) is 5.82 Å². The third kappa shape index (κ3) is 3.63. The minimum Gasteiger partial charge on any atom is -0.459 e. The average molecular weight is 379 g/mol. The Labute approximate surface area is 158 Å². The molecule has 0 unspecified atom stereocenters. The molecule has 0 aliphatic carbocycles. The lowest BCUT2D eigenvalue weighted by atomic mass is 10.2. The number of rotatable bonds is 4. The van der Waals surface area contributed by atoms with Crippen LogP contribution in [0.5, 0.6) is 0 Å². The molecular weight excluding hydrogens is 365 g/mol. The Balaban J connectivity index is 1.74. The van der Waals surface area contributed by atoms with Crippen LogP contribution >= 0.6 is 11.3 Å². The number of benzene rings is 2. The number of aryl methyl sites for hydroxylation is 1. The van der Waals surface area contributed by atoms with Crippen LogP contribution < -0.4 is 5.01 Å². The molecule has 7 heteroatoms. The van der Waals surface area contributed by atoms with Crippen molar-refractivity contribution in [1.82, 2.24) is 4.98 Å². The highest BCUT2D eigenvalue weighted by molar-refractivity contribution is 7.22. The van der Waals surface area contributed by atoms with Gasteiger partial charge in [-0.3, -0.25) is 4.79 Å². The summed E-state index contributed by atoms with van der Waals surface area (Å²) >= 11 is 1.18. The molecule has 2 heterocycles. The Kier molecular flexibility index (Phi) is 4.52. The van der Waals surface area contributed by atoms with Crippen LogP contribution in [0.2, 0.25) is 0 Å². The highest BCUT2D eigenvalue weighted by Crippen LogP contribution is 2.30. The van der Waals surface area contributed by atoms with Gasteiger partial charge < -0.3 is 4.42 Å². The lowest BCUT2D eigenvalue weighted by Gasteiger charge is -2.11. The fraction of sp³-hybridized carbons (Fsp3) is 0.0500. The summed E-state index contributed by atoms with van der Waals surface area (Å²) in [4.78, 5) is 17.2. The third-order valence-corrected chi connectivity index (χ3v) is 4.84. The number of hydrogen-bond donors (Lipinski definition) is 0. The molecule has 0 N–H and O–H groups in total. The number of hydrazone groups is 1. The van der Waals surface area contributed by atoms with Crippen LogP contribution in [0.15, 0.2) is 70.4 Å². The maximum Gasteiger partial charge on any atom is 0.316 e. The third-order valence-electron chi connectivity index (χ3n) is 3.84. The lowest BCUT2D eigenvalue weighted by Crippen LogP contribution is -2.25. The molecule has 0 saturated carbocycles. The van der Waals surface area contributed by atoms with Crippen molar-refractivity contribution >= 4 is 38.8 Å². The van der Waals surface area contributed by atoms with Gasteiger partial charge in [0.15, 0.2) is 5.76 Å². The van der Waals surface area contributed by atoms with Gasteiger partial charge in [0.2, 0.25) is 5.13 Å². The van der Waals surface area contributed by atoms with E-state index in [9.17, 15) is 9.18 Å². The number of carbonyl (C=O) groups excluding carboxylic acids is 1. The summed E-state index contributed by atoms with van der Waals surface area (Å²) in [5.41, 5.74) is 2.56. The van der Waals surface area contributed by atoms with E-state index in [2.05, 4.69) is 10.1 Å². The summed E-state index contributed by atoms with van der Waals surface area (Å²) in [7, 11) is 0. The van der Waals surface area contributed by atoms with Crippen molar-refractivity contribution < 1.29 is 13.6 Å². The number of hydrogen-bond acceptors (Lipinski definition) is 5. The van der Waals surface area contributed by atoms with Crippen LogP contribution in [0, 0.1) is 12.7 Å². The second-order valence-corrected chi connectivity index (χ2v) is 6.87. The molecule has 0 aliphatic rings. The first kappa shape index (κ1) is 17.1. The van der Waals surface area contributed by atoms with Gasteiger partial charge in [-0.15, -0.1) is 0 Å². The zero-order valence-electron chi connectivity index (χ0n) is 14.3. The molecule has 134 valence electrons. The summed E-state index contributed by atoms with van der Waals surface area (Å²) in [6.45, 7) is 1.99. The lowest BCUT2D eigenvalue weighted by molar-refractivity contribution is 0.0961. The van der Waals surface area contributed by atoms with Crippen LogP contribution in [-0.2, 0) is 0 Å². The van der Waals surface area contributed by atoms with E-state index in [4.69, 9.17) is 4.42 Å². The van der Waals surface area contributed by atoms with Gasteiger partial charge in [0.25, 0.3) is 0 Å². The van der Waals surface area contributed by atoms with Gasteiger partial charge in [-0.1, -0.05) is 41.2 Å². The molecule has 0 saturated heterocycles. The van der Waals surface area contributed by atoms with Gasteiger partial charge >= 0.3 is 5.91 Å². The number of halogens is 1. The molecule has 2 aromatic carbocycles. The van der Waals surface area contributed by atoms with E-state index in [0.29, 0.717) is 15.3 Å². The molecule has 0 aliphatic heterocycles. The maximum absolute atomic E-state index is 13.5. The quantitative estimate of drug-likeness (QED) is 0.370. The van der Waals surface area contributed by atoms with E-state index >= 15 is 0 Å². The molecule has 2 aromatic heterocycles. The van der Waals surface area contributed by atoms with Crippen LogP contribution in [0.25, 0.3) is 10.2 Å². The molecule has 4 rings (SSSR count). The van der Waals surface area contributed by atoms with Crippen molar-refractivity contribution in [2.24, 2.45) is 5.10 Å². The number of thiazole rings is 1. The molecule has 0 bridgehead atoms.